The zero-order valence-corrected chi connectivity index (χ0v) is 16.1. The molecule has 0 fully saturated rings. The van der Waals surface area contributed by atoms with Crippen molar-refractivity contribution < 1.29 is 19.4 Å². The van der Waals surface area contributed by atoms with Crippen molar-refractivity contribution in [2.45, 2.75) is 85.2 Å². The molecule has 0 rings (SSSR count). The van der Waals surface area contributed by atoms with E-state index in [4.69, 9.17) is 0 Å². The van der Waals surface area contributed by atoms with Crippen LogP contribution in [0.4, 0.5) is 0 Å². The number of carbonyl (C=O) groups is 2. The van der Waals surface area contributed by atoms with Crippen LogP contribution < -0.4 is 0 Å². The molecule has 24 heavy (non-hydrogen) atoms. The molecular weight excluding hydrogens is 304 g/mol. The maximum atomic E-state index is 12.2. The van der Waals surface area contributed by atoms with Gasteiger partial charge in [0.05, 0.1) is 19.6 Å². The zero-order chi connectivity index (χ0) is 18.5. The van der Waals surface area contributed by atoms with Crippen molar-refractivity contribution in [1.29, 1.82) is 0 Å². The van der Waals surface area contributed by atoms with E-state index in [1.54, 1.807) is 6.08 Å². The number of aliphatic hydroxyl groups excluding tert-OH is 1. The number of esters is 1. The van der Waals surface area contributed by atoms with Crippen molar-refractivity contribution in [2.75, 3.05) is 7.11 Å². The minimum absolute atomic E-state index is 0.00512. The van der Waals surface area contributed by atoms with Crippen LogP contribution in [-0.4, -0.2) is 30.1 Å². The number of unbranched alkanes of at least 4 members (excludes halogenated alkanes) is 1. The summed E-state index contributed by atoms with van der Waals surface area (Å²) >= 11 is 0. The highest BCUT2D eigenvalue weighted by Crippen LogP contribution is 2.22. The zero-order valence-electron chi connectivity index (χ0n) is 16.1. The van der Waals surface area contributed by atoms with Gasteiger partial charge in [0.1, 0.15) is 0 Å². The minimum atomic E-state index is -0.728. The molecule has 0 aromatic heterocycles. The Kier molecular flexibility index (Phi) is 12.5. The van der Waals surface area contributed by atoms with Crippen molar-refractivity contribution in [3.05, 3.63) is 11.6 Å². The molecule has 1 N–H and O–H groups in total. The van der Waals surface area contributed by atoms with E-state index in [-0.39, 0.29) is 18.1 Å². The standard InChI is InChI=1S/C20H36O4/c1-6-9-10-16(7-2)13-18(21)12-15(4)11-17(8-3)19(22)14-20(23)24-5/h12,16-17,19,22H,6-11,13-14H2,1-5H3. The number of ether oxygens (including phenoxy) is 1. The number of allylic oxidation sites excluding steroid dienone is 2. The third-order valence-corrected chi connectivity index (χ3v) is 4.70. The van der Waals surface area contributed by atoms with Crippen molar-refractivity contribution in [1.82, 2.24) is 0 Å². The van der Waals surface area contributed by atoms with Crippen LogP contribution >= 0.6 is 0 Å². The number of ketones is 1. The van der Waals surface area contributed by atoms with Gasteiger partial charge in [-0.15, -0.1) is 0 Å². The van der Waals surface area contributed by atoms with Gasteiger partial charge in [0.2, 0.25) is 0 Å². The Morgan fingerprint density at radius 2 is 1.75 bits per heavy atom. The predicted octanol–water partition coefficient (Wildman–Crippen LogP) is 4.45. The number of carbonyl (C=O) groups excluding carboxylic acids is 2. The summed E-state index contributed by atoms with van der Waals surface area (Å²) in [6, 6.07) is 0. The fourth-order valence-corrected chi connectivity index (χ4v) is 3.01. The molecule has 0 aliphatic heterocycles. The molecule has 0 radical (unpaired) electrons. The third kappa shape index (κ3) is 9.86. The molecule has 0 aromatic rings. The van der Waals surface area contributed by atoms with E-state index in [1.165, 1.54) is 13.5 Å². The lowest BCUT2D eigenvalue weighted by Crippen LogP contribution is -2.24. The molecule has 3 unspecified atom stereocenters. The number of methoxy groups -OCH3 is 1. The summed E-state index contributed by atoms with van der Waals surface area (Å²) in [6.45, 7) is 8.22. The van der Waals surface area contributed by atoms with Gasteiger partial charge >= 0.3 is 5.97 Å². The Morgan fingerprint density at radius 3 is 2.25 bits per heavy atom. The maximum absolute atomic E-state index is 12.2. The van der Waals surface area contributed by atoms with Gasteiger partial charge < -0.3 is 9.84 Å². The summed E-state index contributed by atoms with van der Waals surface area (Å²) in [5.74, 6) is 0.205. The predicted molar refractivity (Wildman–Crippen MR) is 97.7 cm³/mol. The van der Waals surface area contributed by atoms with E-state index >= 15 is 0 Å². The van der Waals surface area contributed by atoms with E-state index < -0.39 is 12.1 Å². The Balaban J connectivity index is 4.57. The van der Waals surface area contributed by atoms with E-state index in [0.717, 1.165) is 31.3 Å². The number of rotatable bonds is 13. The number of hydrogen-bond acceptors (Lipinski definition) is 4. The summed E-state index contributed by atoms with van der Waals surface area (Å²) in [6.07, 6.45) is 7.48. The first-order valence-corrected chi connectivity index (χ1v) is 9.32. The normalized spacial score (nSPS) is 15.7. The molecule has 0 bridgehead atoms. The Hall–Kier alpha value is -1.16. The van der Waals surface area contributed by atoms with Gasteiger partial charge in [-0.25, -0.2) is 0 Å². The lowest BCUT2D eigenvalue weighted by atomic mass is 9.89. The van der Waals surface area contributed by atoms with Crippen molar-refractivity contribution in [3.8, 4) is 0 Å². The minimum Gasteiger partial charge on any atom is -0.469 e. The summed E-state index contributed by atoms with van der Waals surface area (Å²) in [4.78, 5) is 23.5. The first kappa shape index (κ1) is 22.8. The smallest absolute Gasteiger partial charge is 0.308 e. The van der Waals surface area contributed by atoms with Crippen LogP contribution in [0.2, 0.25) is 0 Å². The highest BCUT2D eigenvalue weighted by Gasteiger charge is 2.21. The Bertz CT molecular complexity index is 400. The van der Waals surface area contributed by atoms with Gasteiger partial charge in [-0.2, -0.15) is 0 Å². The maximum Gasteiger partial charge on any atom is 0.308 e. The molecule has 0 aromatic carbocycles. The molecule has 0 aliphatic rings. The summed E-state index contributed by atoms with van der Waals surface area (Å²) in [5.41, 5.74) is 0.973. The van der Waals surface area contributed by atoms with Crippen molar-refractivity contribution in [2.24, 2.45) is 11.8 Å². The third-order valence-electron chi connectivity index (χ3n) is 4.70. The SMILES string of the molecule is CCCCC(CC)CC(=O)C=C(C)CC(CC)C(O)CC(=O)OC. The van der Waals surface area contributed by atoms with Crippen molar-refractivity contribution >= 4 is 11.8 Å². The van der Waals surface area contributed by atoms with Gasteiger partial charge in [0.25, 0.3) is 0 Å². The second-order valence-corrected chi connectivity index (χ2v) is 6.80. The highest BCUT2D eigenvalue weighted by molar-refractivity contribution is 5.90. The van der Waals surface area contributed by atoms with Crippen molar-refractivity contribution in [3.63, 3.8) is 0 Å². The topological polar surface area (TPSA) is 63.6 Å². The summed E-state index contributed by atoms with van der Waals surface area (Å²) in [5, 5.41) is 10.2. The van der Waals surface area contributed by atoms with Gasteiger partial charge in [-0.05, 0) is 31.3 Å². The van der Waals surface area contributed by atoms with Gasteiger partial charge in [-0.3, -0.25) is 9.59 Å². The fourth-order valence-electron chi connectivity index (χ4n) is 3.01. The first-order valence-electron chi connectivity index (χ1n) is 9.32. The van der Waals surface area contributed by atoms with Crippen LogP contribution in [0, 0.1) is 11.8 Å². The lowest BCUT2D eigenvalue weighted by Gasteiger charge is -2.21. The molecule has 140 valence electrons. The van der Waals surface area contributed by atoms with E-state index in [9.17, 15) is 14.7 Å². The van der Waals surface area contributed by atoms with E-state index in [2.05, 4.69) is 18.6 Å². The van der Waals surface area contributed by atoms with Crippen LogP contribution in [0.1, 0.15) is 79.1 Å². The van der Waals surface area contributed by atoms with Gasteiger partial charge in [0.15, 0.2) is 5.78 Å². The van der Waals surface area contributed by atoms with E-state index in [0.29, 0.717) is 18.8 Å². The molecule has 0 aliphatic carbocycles. The molecule has 4 nitrogen and oxygen atoms in total. The van der Waals surface area contributed by atoms with Gasteiger partial charge in [0, 0.05) is 6.42 Å². The second kappa shape index (κ2) is 13.2. The van der Waals surface area contributed by atoms with Crippen LogP contribution in [-0.2, 0) is 14.3 Å². The quantitative estimate of drug-likeness (QED) is 0.397. The average Bonchev–Trinajstić information content (AvgIpc) is 2.55. The number of hydrogen-bond donors (Lipinski definition) is 1. The molecule has 0 amide bonds. The molecule has 3 atom stereocenters. The molecule has 0 spiro atoms. The first-order chi connectivity index (χ1) is 11.4. The van der Waals surface area contributed by atoms with Crippen LogP contribution in [0.5, 0.6) is 0 Å². The molecule has 0 saturated heterocycles. The molecule has 4 heteroatoms. The second-order valence-electron chi connectivity index (χ2n) is 6.80. The molecule has 0 heterocycles. The van der Waals surface area contributed by atoms with Crippen LogP contribution in [0.25, 0.3) is 0 Å². The molecular formula is C20H36O4. The van der Waals surface area contributed by atoms with Crippen LogP contribution in [0.3, 0.4) is 0 Å². The van der Waals surface area contributed by atoms with E-state index in [1.807, 2.05) is 13.8 Å². The largest absolute Gasteiger partial charge is 0.469 e. The highest BCUT2D eigenvalue weighted by atomic mass is 16.5. The Morgan fingerprint density at radius 1 is 1.08 bits per heavy atom. The monoisotopic (exact) mass is 340 g/mol. The van der Waals surface area contributed by atoms with Gasteiger partial charge in [-0.1, -0.05) is 58.4 Å². The number of aliphatic hydroxyl groups is 1. The average molecular weight is 341 g/mol. The Labute approximate surface area is 147 Å². The van der Waals surface area contributed by atoms with Crippen LogP contribution in [0.15, 0.2) is 11.6 Å². The fraction of sp³-hybridized carbons (Fsp3) is 0.800. The summed E-state index contributed by atoms with van der Waals surface area (Å²) in [7, 11) is 1.32. The lowest BCUT2D eigenvalue weighted by molar-refractivity contribution is -0.143. The summed E-state index contributed by atoms with van der Waals surface area (Å²) < 4.78 is 4.61. The molecule has 0 saturated carbocycles.